The van der Waals surface area contributed by atoms with Crippen LogP contribution in [0.2, 0.25) is 0 Å². The van der Waals surface area contributed by atoms with E-state index >= 15 is 0 Å². The Morgan fingerprint density at radius 1 is 0.964 bits per heavy atom. The molecule has 28 heavy (non-hydrogen) atoms. The Labute approximate surface area is 163 Å². The molecule has 0 amide bonds. The first-order valence-corrected chi connectivity index (χ1v) is 10.4. The molecule has 0 N–H and O–H groups in total. The zero-order valence-corrected chi connectivity index (χ0v) is 16.3. The molecule has 1 aromatic rings. The van der Waals surface area contributed by atoms with Crippen LogP contribution < -0.4 is 4.74 Å². The lowest BCUT2D eigenvalue weighted by molar-refractivity contribution is -0.225. The van der Waals surface area contributed by atoms with Crippen LogP contribution in [0.15, 0.2) is 24.3 Å². The molecular weight excluding hydrogens is 375 g/mol. The zero-order chi connectivity index (χ0) is 20.4. The first-order valence-electron chi connectivity index (χ1n) is 10.4. The van der Waals surface area contributed by atoms with Gasteiger partial charge in [0.05, 0.1) is 5.92 Å². The highest BCUT2D eigenvalue weighted by molar-refractivity contribution is 5.22. The van der Waals surface area contributed by atoms with Crippen LogP contribution in [0.1, 0.15) is 64.7 Å². The lowest BCUT2D eigenvalue weighted by atomic mass is 9.67. The second kappa shape index (κ2) is 8.58. The van der Waals surface area contributed by atoms with Crippen LogP contribution in [-0.2, 0) is 0 Å². The Bertz CT molecular complexity index is 622. The number of rotatable bonds is 6. The van der Waals surface area contributed by atoms with Crippen molar-refractivity contribution in [1.82, 2.24) is 0 Å². The van der Waals surface area contributed by atoms with Gasteiger partial charge >= 0.3 is 6.11 Å². The van der Waals surface area contributed by atoms with Gasteiger partial charge in [0.2, 0.25) is 0 Å². The smallest absolute Gasteiger partial charge is 0.400 e. The molecule has 1 nitrogen and oxygen atoms in total. The molecule has 0 aliphatic heterocycles. The summed E-state index contributed by atoms with van der Waals surface area (Å²) in [5, 5.41) is 0. The number of hydrogen-bond donors (Lipinski definition) is 0. The second-order valence-corrected chi connectivity index (χ2v) is 8.52. The molecule has 2 aliphatic rings. The van der Waals surface area contributed by atoms with Crippen LogP contribution in [0.5, 0.6) is 5.75 Å². The summed E-state index contributed by atoms with van der Waals surface area (Å²) in [6.07, 6.45) is 0.782. The molecule has 0 saturated heterocycles. The van der Waals surface area contributed by atoms with Crippen LogP contribution in [0, 0.1) is 29.5 Å². The molecule has 0 radical (unpaired) electrons. The molecule has 0 heterocycles. The van der Waals surface area contributed by atoms with Crippen molar-refractivity contribution >= 4 is 0 Å². The number of benzene rings is 1. The van der Waals surface area contributed by atoms with E-state index in [1.54, 1.807) is 0 Å². The largest absolute Gasteiger partial charge is 0.432 e. The van der Waals surface area contributed by atoms with Gasteiger partial charge in [-0.2, -0.15) is 8.78 Å². The highest BCUT2D eigenvalue weighted by atomic mass is 19.3. The van der Waals surface area contributed by atoms with Gasteiger partial charge in [-0.05, 0) is 81.0 Å². The normalized spacial score (nSPS) is 30.8. The van der Waals surface area contributed by atoms with E-state index in [1.165, 1.54) is 12.1 Å². The van der Waals surface area contributed by atoms with Crippen LogP contribution in [0.3, 0.4) is 0 Å². The van der Waals surface area contributed by atoms with Gasteiger partial charge < -0.3 is 4.74 Å². The molecule has 6 heteroatoms. The predicted molar refractivity (Wildman–Crippen MR) is 98.1 cm³/mol. The van der Waals surface area contributed by atoms with Gasteiger partial charge in [0, 0.05) is 12.3 Å². The van der Waals surface area contributed by atoms with E-state index in [2.05, 4.69) is 0 Å². The van der Waals surface area contributed by atoms with E-state index in [0.29, 0.717) is 25.7 Å². The standard InChI is InChI=1S/C22H29F5O/c1-2-3-17-7-6-16(14-21(17,24)25)15-4-8-18(9-5-15)22(26,27)28-20-12-10-19(23)11-13-20/h10-13,15-18H,2-9,14H2,1H3. The van der Waals surface area contributed by atoms with Crippen LogP contribution in [-0.4, -0.2) is 12.0 Å². The van der Waals surface area contributed by atoms with E-state index in [4.69, 9.17) is 4.74 Å². The first-order chi connectivity index (χ1) is 13.2. The van der Waals surface area contributed by atoms with Gasteiger partial charge in [-0.1, -0.05) is 13.3 Å². The van der Waals surface area contributed by atoms with Crippen molar-refractivity contribution in [2.24, 2.45) is 23.7 Å². The molecule has 0 spiro atoms. The maximum atomic E-state index is 14.5. The van der Waals surface area contributed by atoms with E-state index in [-0.39, 0.29) is 36.8 Å². The third kappa shape index (κ3) is 4.98. The molecule has 2 unspecified atom stereocenters. The molecule has 158 valence electrons. The molecule has 2 atom stereocenters. The van der Waals surface area contributed by atoms with Crippen molar-refractivity contribution in [3.05, 3.63) is 30.1 Å². The molecule has 2 fully saturated rings. The summed E-state index contributed by atoms with van der Waals surface area (Å²) in [6.45, 7) is 1.93. The third-order valence-corrected chi connectivity index (χ3v) is 6.64. The van der Waals surface area contributed by atoms with E-state index in [9.17, 15) is 22.0 Å². The summed E-state index contributed by atoms with van der Waals surface area (Å²) < 4.78 is 75.6. The Hall–Kier alpha value is -1.33. The van der Waals surface area contributed by atoms with Gasteiger partial charge in [-0.3, -0.25) is 0 Å². The highest BCUT2D eigenvalue weighted by Gasteiger charge is 2.49. The minimum absolute atomic E-state index is 0.0672. The molecule has 0 bridgehead atoms. The Kier molecular flexibility index (Phi) is 6.55. The Balaban J connectivity index is 1.53. The van der Waals surface area contributed by atoms with Gasteiger partial charge in [-0.15, -0.1) is 0 Å². The fraction of sp³-hybridized carbons (Fsp3) is 0.727. The minimum Gasteiger partial charge on any atom is -0.432 e. The summed E-state index contributed by atoms with van der Waals surface area (Å²) >= 11 is 0. The van der Waals surface area contributed by atoms with Crippen LogP contribution >= 0.6 is 0 Å². The summed E-state index contributed by atoms with van der Waals surface area (Å²) in [5.74, 6) is -4.67. The van der Waals surface area contributed by atoms with Gasteiger partial charge in [0.1, 0.15) is 11.6 Å². The SMILES string of the molecule is CCCC1CCC(C2CCC(C(F)(F)Oc3ccc(F)cc3)CC2)CC1(F)F. The minimum atomic E-state index is -3.34. The van der Waals surface area contributed by atoms with Crippen LogP contribution in [0.25, 0.3) is 0 Å². The molecule has 1 aromatic carbocycles. The Morgan fingerprint density at radius 3 is 2.14 bits per heavy atom. The quantitative estimate of drug-likeness (QED) is 0.447. The Morgan fingerprint density at radius 2 is 1.57 bits per heavy atom. The van der Waals surface area contributed by atoms with Crippen molar-refractivity contribution < 1.29 is 26.7 Å². The average molecular weight is 404 g/mol. The topological polar surface area (TPSA) is 9.23 Å². The summed E-state index contributed by atoms with van der Waals surface area (Å²) in [5.41, 5.74) is 0. The summed E-state index contributed by atoms with van der Waals surface area (Å²) in [6, 6.07) is 4.53. The maximum absolute atomic E-state index is 14.5. The fourth-order valence-electron chi connectivity index (χ4n) is 5.02. The first kappa shape index (κ1) is 21.4. The maximum Gasteiger partial charge on any atom is 0.400 e. The monoisotopic (exact) mass is 404 g/mol. The van der Waals surface area contributed by atoms with E-state index < -0.39 is 29.7 Å². The molecule has 0 aromatic heterocycles. The lowest BCUT2D eigenvalue weighted by Crippen LogP contribution is -2.41. The average Bonchev–Trinajstić information content (AvgIpc) is 2.65. The fourth-order valence-corrected chi connectivity index (χ4v) is 5.02. The number of halogens is 5. The van der Waals surface area contributed by atoms with Gasteiger partial charge in [-0.25, -0.2) is 13.2 Å². The van der Waals surface area contributed by atoms with Crippen molar-refractivity contribution in [1.29, 1.82) is 0 Å². The van der Waals surface area contributed by atoms with Crippen molar-refractivity contribution in [2.75, 3.05) is 0 Å². The van der Waals surface area contributed by atoms with Gasteiger partial charge in [0.15, 0.2) is 0 Å². The van der Waals surface area contributed by atoms with Crippen molar-refractivity contribution in [3.8, 4) is 5.75 Å². The molecule has 2 aliphatic carbocycles. The molecule has 2 saturated carbocycles. The summed E-state index contributed by atoms with van der Waals surface area (Å²) in [7, 11) is 0. The van der Waals surface area contributed by atoms with Gasteiger partial charge in [0.25, 0.3) is 5.92 Å². The predicted octanol–water partition coefficient (Wildman–Crippen LogP) is 7.46. The van der Waals surface area contributed by atoms with E-state index in [1.807, 2.05) is 6.92 Å². The van der Waals surface area contributed by atoms with E-state index in [0.717, 1.165) is 25.0 Å². The zero-order valence-electron chi connectivity index (χ0n) is 16.3. The third-order valence-electron chi connectivity index (χ3n) is 6.64. The second-order valence-electron chi connectivity index (χ2n) is 8.52. The number of alkyl halides is 4. The molecule has 3 rings (SSSR count). The summed E-state index contributed by atoms with van der Waals surface area (Å²) in [4.78, 5) is 0. The number of ether oxygens (including phenoxy) is 1. The highest BCUT2D eigenvalue weighted by Crippen LogP contribution is 2.50. The number of hydrogen-bond acceptors (Lipinski definition) is 1. The van der Waals surface area contributed by atoms with Crippen molar-refractivity contribution in [3.63, 3.8) is 0 Å². The van der Waals surface area contributed by atoms with Crippen molar-refractivity contribution in [2.45, 2.75) is 76.7 Å². The lowest BCUT2D eigenvalue weighted by Gasteiger charge is -2.42. The molecular formula is C22H29F5O. The van der Waals surface area contributed by atoms with Crippen LogP contribution in [0.4, 0.5) is 22.0 Å².